The molecule has 3 atom stereocenters. The van der Waals surface area contributed by atoms with Gasteiger partial charge in [-0.05, 0) is 19.4 Å². The Bertz CT molecular complexity index is 187. The van der Waals surface area contributed by atoms with Crippen molar-refractivity contribution in [2.24, 2.45) is 0 Å². The summed E-state index contributed by atoms with van der Waals surface area (Å²) in [6, 6.07) is 0.745. The lowest BCUT2D eigenvalue weighted by molar-refractivity contribution is 0.445. The fraction of sp³-hybridized carbons (Fsp3) is 1.00. The number of nitrogens with one attached hydrogen (secondary N) is 1. The fourth-order valence-corrected chi connectivity index (χ4v) is 5.87. The van der Waals surface area contributed by atoms with E-state index in [0.717, 1.165) is 23.1 Å². The van der Waals surface area contributed by atoms with E-state index in [-0.39, 0.29) is 0 Å². The first-order valence-corrected chi connectivity index (χ1v) is 9.39. The standard InChI is InChI=1S/C14H29NS2/c1-4-7-8-9-12(15-6-3)14-13(5-2)16-10-11-17-14/h12-15H,4-11H2,1-3H3. The summed E-state index contributed by atoms with van der Waals surface area (Å²) in [6.07, 6.45) is 6.83. The molecule has 0 aromatic heterocycles. The molecule has 0 amide bonds. The second-order valence-corrected chi connectivity index (χ2v) is 7.45. The smallest absolute Gasteiger partial charge is 0.0320 e. The minimum atomic E-state index is 0.745. The number of hydrogen-bond acceptors (Lipinski definition) is 3. The maximum absolute atomic E-state index is 3.74. The summed E-state index contributed by atoms with van der Waals surface area (Å²) in [7, 11) is 0. The van der Waals surface area contributed by atoms with Crippen LogP contribution in [0.1, 0.15) is 52.9 Å². The Morgan fingerprint density at radius 1 is 1.12 bits per heavy atom. The monoisotopic (exact) mass is 275 g/mol. The summed E-state index contributed by atoms with van der Waals surface area (Å²) >= 11 is 4.42. The van der Waals surface area contributed by atoms with Gasteiger partial charge in [0.25, 0.3) is 0 Å². The van der Waals surface area contributed by atoms with E-state index >= 15 is 0 Å². The van der Waals surface area contributed by atoms with E-state index in [0.29, 0.717) is 0 Å². The Morgan fingerprint density at radius 3 is 2.53 bits per heavy atom. The third-order valence-corrected chi connectivity index (χ3v) is 6.88. The summed E-state index contributed by atoms with van der Waals surface area (Å²) < 4.78 is 0. The summed E-state index contributed by atoms with van der Waals surface area (Å²) in [6.45, 7) is 8.01. The van der Waals surface area contributed by atoms with Gasteiger partial charge in [-0.3, -0.25) is 0 Å². The highest BCUT2D eigenvalue weighted by Crippen LogP contribution is 2.36. The second kappa shape index (κ2) is 9.57. The van der Waals surface area contributed by atoms with E-state index in [1.165, 1.54) is 43.6 Å². The molecular formula is C14H29NS2. The van der Waals surface area contributed by atoms with E-state index in [1.807, 2.05) is 0 Å². The zero-order valence-corrected chi connectivity index (χ0v) is 13.3. The minimum absolute atomic E-state index is 0.745. The average Bonchev–Trinajstić information content (AvgIpc) is 2.38. The van der Waals surface area contributed by atoms with Crippen molar-refractivity contribution in [3.8, 4) is 0 Å². The van der Waals surface area contributed by atoms with Gasteiger partial charge < -0.3 is 5.32 Å². The van der Waals surface area contributed by atoms with Crippen LogP contribution in [0.3, 0.4) is 0 Å². The van der Waals surface area contributed by atoms with Crippen molar-refractivity contribution in [2.45, 2.75) is 69.4 Å². The highest BCUT2D eigenvalue weighted by molar-refractivity contribution is 8.07. The SMILES string of the molecule is CCCCCC(NCC)C1SCCSC1CC. The molecule has 0 aliphatic carbocycles. The molecule has 1 rings (SSSR count). The molecule has 0 spiro atoms. The van der Waals surface area contributed by atoms with Gasteiger partial charge in [-0.15, -0.1) is 0 Å². The summed E-state index contributed by atoms with van der Waals surface area (Å²) in [5, 5.41) is 5.46. The second-order valence-electron chi connectivity index (χ2n) is 4.81. The predicted molar refractivity (Wildman–Crippen MR) is 84.4 cm³/mol. The van der Waals surface area contributed by atoms with E-state index in [4.69, 9.17) is 0 Å². The van der Waals surface area contributed by atoms with Crippen LogP contribution in [0, 0.1) is 0 Å². The molecule has 0 aromatic carbocycles. The largest absolute Gasteiger partial charge is 0.313 e. The average molecular weight is 276 g/mol. The van der Waals surface area contributed by atoms with Crippen molar-refractivity contribution in [3.05, 3.63) is 0 Å². The highest BCUT2D eigenvalue weighted by atomic mass is 32.2. The number of hydrogen-bond donors (Lipinski definition) is 1. The van der Waals surface area contributed by atoms with Crippen LogP contribution in [0.2, 0.25) is 0 Å². The van der Waals surface area contributed by atoms with Crippen LogP contribution in [0.4, 0.5) is 0 Å². The molecule has 0 radical (unpaired) electrons. The van der Waals surface area contributed by atoms with Crippen molar-refractivity contribution in [2.75, 3.05) is 18.1 Å². The van der Waals surface area contributed by atoms with E-state index in [1.54, 1.807) is 0 Å². The molecule has 1 aliphatic heterocycles. The summed E-state index contributed by atoms with van der Waals surface area (Å²) in [5.41, 5.74) is 0. The maximum Gasteiger partial charge on any atom is 0.0320 e. The van der Waals surface area contributed by atoms with Crippen molar-refractivity contribution >= 4 is 23.5 Å². The molecule has 1 saturated heterocycles. The number of rotatable bonds is 8. The third-order valence-electron chi connectivity index (χ3n) is 3.48. The lowest BCUT2D eigenvalue weighted by Crippen LogP contribution is -2.45. The van der Waals surface area contributed by atoms with Gasteiger partial charge in [0.1, 0.15) is 0 Å². The third kappa shape index (κ3) is 5.44. The topological polar surface area (TPSA) is 12.0 Å². The molecule has 0 bridgehead atoms. The van der Waals surface area contributed by atoms with E-state index < -0.39 is 0 Å². The van der Waals surface area contributed by atoms with Crippen LogP contribution in [0.5, 0.6) is 0 Å². The quantitative estimate of drug-likeness (QED) is 0.668. The Labute approximate surface area is 116 Å². The molecule has 1 aliphatic rings. The van der Waals surface area contributed by atoms with E-state index in [9.17, 15) is 0 Å². The first kappa shape index (κ1) is 15.7. The molecule has 0 aromatic rings. The Morgan fingerprint density at radius 2 is 1.88 bits per heavy atom. The predicted octanol–water partition coefficient (Wildman–Crippen LogP) is 4.17. The normalized spacial score (nSPS) is 27.0. The summed E-state index contributed by atoms with van der Waals surface area (Å²) in [4.78, 5) is 0. The van der Waals surface area contributed by atoms with Gasteiger partial charge >= 0.3 is 0 Å². The lowest BCUT2D eigenvalue weighted by Gasteiger charge is -2.36. The Kier molecular flexibility index (Phi) is 8.85. The molecule has 102 valence electrons. The molecule has 3 unspecified atom stereocenters. The highest BCUT2D eigenvalue weighted by Gasteiger charge is 2.31. The Balaban J connectivity index is 2.47. The lowest BCUT2D eigenvalue weighted by atomic mass is 10.0. The van der Waals surface area contributed by atoms with Gasteiger partial charge in [-0.25, -0.2) is 0 Å². The van der Waals surface area contributed by atoms with Gasteiger partial charge in [0.2, 0.25) is 0 Å². The zero-order chi connectivity index (χ0) is 12.5. The molecular weight excluding hydrogens is 246 g/mol. The minimum Gasteiger partial charge on any atom is -0.313 e. The van der Waals surface area contributed by atoms with Gasteiger partial charge in [0, 0.05) is 28.0 Å². The molecule has 17 heavy (non-hydrogen) atoms. The van der Waals surface area contributed by atoms with E-state index in [2.05, 4.69) is 49.6 Å². The maximum atomic E-state index is 3.74. The Hall–Kier alpha value is 0.660. The van der Waals surface area contributed by atoms with Crippen LogP contribution in [-0.2, 0) is 0 Å². The molecule has 1 fully saturated rings. The fourth-order valence-electron chi connectivity index (χ4n) is 2.57. The molecule has 0 saturated carbocycles. The van der Waals surface area contributed by atoms with Crippen LogP contribution in [0.25, 0.3) is 0 Å². The first-order chi connectivity index (χ1) is 8.33. The molecule has 1 heterocycles. The molecule has 3 heteroatoms. The number of thioether (sulfide) groups is 2. The first-order valence-electron chi connectivity index (χ1n) is 7.30. The van der Waals surface area contributed by atoms with Crippen LogP contribution >= 0.6 is 23.5 Å². The van der Waals surface area contributed by atoms with Crippen LogP contribution < -0.4 is 5.32 Å². The van der Waals surface area contributed by atoms with Gasteiger partial charge in [0.05, 0.1) is 0 Å². The van der Waals surface area contributed by atoms with Crippen molar-refractivity contribution in [1.29, 1.82) is 0 Å². The van der Waals surface area contributed by atoms with Gasteiger partial charge in [-0.1, -0.05) is 40.0 Å². The van der Waals surface area contributed by atoms with Crippen LogP contribution in [0.15, 0.2) is 0 Å². The van der Waals surface area contributed by atoms with Gasteiger partial charge in [-0.2, -0.15) is 23.5 Å². The molecule has 1 nitrogen and oxygen atoms in total. The molecule has 1 N–H and O–H groups in total. The van der Waals surface area contributed by atoms with Crippen LogP contribution in [-0.4, -0.2) is 34.6 Å². The van der Waals surface area contributed by atoms with Gasteiger partial charge in [0.15, 0.2) is 0 Å². The van der Waals surface area contributed by atoms with Crippen molar-refractivity contribution < 1.29 is 0 Å². The number of unbranched alkanes of at least 4 members (excludes halogenated alkanes) is 2. The zero-order valence-electron chi connectivity index (χ0n) is 11.7. The van der Waals surface area contributed by atoms with Crippen molar-refractivity contribution in [3.63, 3.8) is 0 Å². The summed E-state index contributed by atoms with van der Waals surface area (Å²) in [5.74, 6) is 2.70. The van der Waals surface area contributed by atoms with Crippen molar-refractivity contribution in [1.82, 2.24) is 5.32 Å².